The van der Waals surface area contributed by atoms with Gasteiger partial charge in [0.1, 0.15) is 11.9 Å². The molecule has 7 heteroatoms. The minimum absolute atomic E-state index is 0.159. The zero-order valence-electron chi connectivity index (χ0n) is 16.3. The van der Waals surface area contributed by atoms with E-state index in [1.165, 1.54) is 24.1 Å². The zero-order valence-corrected chi connectivity index (χ0v) is 16.3. The molecule has 0 fully saturated rings. The first-order valence-electron chi connectivity index (χ1n) is 9.03. The number of hydrogen-bond donors (Lipinski definition) is 1. The highest BCUT2D eigenvalue weighted by atomic mass is 19.1. The molecule has 0 unspecified atom stereocenters. The van der Waals surface area contributed by atoms with Crippen molar-refractivity contribution in [1.29, 1.82) is 0 Å². The molecule has 0 saturated carbocycles. The SMILES string of the molecule is CCNC(=O)[C@H](C)N(Cc1ccc(F)cc1)C(=O)COc1ccccc1OC. The van der Waals surface area contributed by atoms with Gasteiger partial charge >= 0.3 is 0 Å². The van der Waals surface area contributed by atoms with Gasteiger partial charge in [-0.3, -0.25) is 9.59 Å². The molecular weight excluding hydrogens is 363 g/mol. The Hall–Kier alpha value is -3.09. The molecule has 2 aromatic carbocycles. The molecule has 2 amide bonds. The van der Waals surface area contributed by atoms with E-state index in [0.717, 1.165) is 0 Å². The van der Waals surface area contributed by atoms with Gasteiger partial charge < -0.3 is 19.7 Å². The lowest BCUT2D eigenvalue weighted by Gasteiger charge is -2.28. The van der Waals surface area contributed by atoms with Crippen molar-refractivity contribution in [2.45, 2.75) is 26.4 Å². The van der Waals surface area contributed by atoms with Crippen molar-refractivity contribution < 1.29 is 23.5 Å². The second-order valence-electron chi connectivity index (χ2n) is 6.16. The van der Waals surface area contributed by atoms with Gasteiger partial charge in [-0.15, -0.1) is 0 Å². The van der Waals surface area contributed by atoms with E-state index < -0.39 is 6.04 Å². The Morgan fingerprint density at radius 3 is 2.36 bits per heavy atom. The lowest BCUT2D eigenvalue weighted by molar-refractivity contribution is -0.142. The molecule has 0 aliphatic rings. The molecule has 0 heterocycles. The van der Waals surface area contributed by atoms with Gasteiger partial charge in [-0.25, -0.2) is 4.39 Å². The maximum atomic E-state index is 13.2. The Balaban J connectivity index is 2.15. The molecule has 0 bridgehead atoms. The molecular formula is C21H25FN2O4. The number of hydrogen-bond acceptors (Lipinski definition) is 4. The van der Waals surface area contributed by atoms with E-state index in [1.807, 2.05) is 6.92 Å². The third kappa shape index (κ3) is 5.70. The fourth-order valence-corrected chi connectivity index (χ4v) is 2.65. The number of carbonyl (C=O) groups excluding carboxylic acids is 2. The summed E-state index contributed by atoms with van der Waals surface area (Å²) in [6, 6.07) is 12.1. The van der Waals surface area contributed by atoms with Crippen molar-refractivity contribution in [3.8, 4) is 11.5 Å². The fraction of sp³-hybridized carbons (Fsp3) is 0.333. The van der Waals surface area contributed by atoms with E-state index in [0.29, 0.717) is 23.6 Å². The summed E-state index contributed by atoms with van der Waals surface area (Å²) in [5, 5.41) is 2.71. The Labute approximate surface area is 164 Å². The molecule has 0 radical (unpaired) electrons. The third-order valence-electron chi connectivity index (χ3n) is 4.20. The summed E-state index contributed by atoms with van der Waals surface area (Å²) in [4.78, 5) is 26.5. The molecule has 6 nitrogen and oxygen atoms in total. The number of amides is 2. The smallest absolute Gasteiger partial charge is 0.261 e. The summed E-state index contributed by atoms with van der Waals surface area (Å²) in [5.41, 5.74) is 0.711. The molecule has 0 aliphatic carbocycles. The summed E-state index contributed by atoms with van der Waals surface area (Å²) in [7, 11) is 1.52. The van der Waals surface area contributed by atoms with Crippen LogP contribution in [0.3, 0.4) is 0 Å². The largest absolute Gasteiger partial charge is 0.493 e. The molecule has 0 spiro atoms. The van der Waals surface area contributed by atoms with Crippen LogP contribution in [0.4, 0.5) is 4.39 Å². The number of ether oxygens (including phenoxy) is 2. The van der Waals surface area contributed by atoms with Crippen LogP contribution in [0.15, 0.2) is 48.5 Å². The maximum absolute atomic E-state index is 13.2. The molecule has 2 aromatic rings. The van der Waals surface area contributed by atoms with Gasteiger partial charge in [-0.2, -0.15) is 0 Å². The summed E-state index contributed by atoms with van der Waals surface area (Å²) in [6.07, 6.45) is 0. The monoisotopic (exact) mass is 388 g/mol. The second-order valence-corrected chi connectivity index (χ2v) is 6.16. The highest BCUT2D eigenvalue weighted by Gasteiger charge is 2.26. The number of carbonyl (C=O) groups is 2. The Bertz CT molecular complexity index is 795. The molecule has 150 valence electrons. The first kappa shape index (κ1) is 21.2. The standard InChI is InChI=1S/C21H25FN2O4/c1-4-23-21(26)15(2)24(13-16-9-11-17(22)12-10-16)20(25)14-28-19-8-6-5-7-18(19)27-3/h5-12,15H,4,13-14H2,1-3H3,(H,23,26)/t15-/m0/s1. The van der Waals surface area contributed by atoms with Crippen LogP contribution in [0, 0.1) is 5.82 Å². The van der Waals surface area contributed by atoms with Crippen LogP contribution < -0.4 is 14.8 Å². The van der Waals surface area contributed by atoms with Crippen molar-refractivity contribution >= 4 is 11.8 Å². The highest BCUT2D eigenvalue weighted by molar-refractivity contribution is 5.87. The number of halogens is 1. The van der Waals surface area contributed by atoms with E-state index in [2.05, 4.69) is 5.32 Å². The van der Waals surface area contributed by atoms with E-state index in [9.17, 15) is 14.0 Å². The van der Waals surface area contributed by atoms with Crippen molar-refractivity contribution in [1.82, 2.24) is 10.2 Å². The lowest BCUT2D eigenvalue weighted by atomic mass is 10.1. The van der Waals surface area contributed by atoms with Gasteiger partial charge in [0.15, 0.2) is 18.1 Å². The minimum Gasteiger partial charge on any atom is -0.493 e. The minimum atomic E-state index is -0.709. The van der Waals surface area contributed by atoms with Crippen LogP contribution in [0.25, 0.3) is 0 Å². The first-order valence-corrected chi connectivity index (χ1v) is 9.03. The summed E-state index contributed by atoms with van der Waals surface area (Å²) >= 11 is 0. The number of nitrogens with one attached hydrogen (secondary N) is 1. The lowest BCUT2D eigenvalue weighted by Crippen LogP contribution is -2.49. The number of likely N-dealkylation sites (N-methyl/N-ethyl adjacent to an activating group) is 1. The predicted molar refractivity (Wildman–Crippen MR) is 104 cm³/mol. The Morgan fingerprint density at radius 1 is 1.11 bits per heavy atom. The van der Waals surface area contributed by atoms with Crippen molar-refractivity contribution in [3.05, 3.63) is 59.9 Å². The number of benzene rings is 2. The zero-order chi connectivity index (χ0) is 20.5. The van der Waals surface area contributed by atoms with Crippen LogP contribution in [0.1, 0.15) is 19.4 Å². The van der Waals surface area contributed by atoms with Crippen LogP contribution in [0.2, 0.25) is 0 Å². The van der Waals surface area contributed by atoms with Crippen molar-refractivity contribution in [2.75, 3.05) is 20.3 Å². The molecule has 2 rings (SSSR count). The molecule has 0 aromatic heterocycles. The molecule has 1 atom stereocenters. The van der Waals surface area contributed by atoms with Crippen LogP contribution in [-0.2, 0) is 16.1 Å². The Morgan fingerprint density at radius 2 is 1.75 bits per heavy atom. The molecule has 28 heavy (non-hydrogen) atoms. The van der Waals surface area contributed by atoms with Gasteiger partial charge in [0.25, 0.3) is 5.91 Å². The quantitative estimate of drug-likeness (QED) is 0.717. The summed E-state index contributed by atoms with van der Waals surface area (Å²) in [5.74, 6) is -0.0509. The van der Waals surface area contributed by atoms with E-state index in [1.54, 1.807) is 43.3 Å². The van der Waals surface area contributed by atoms with E-state index >= 15 is 0 Å². The van der Waals surface area contributed by atoms with E-state index in [4.69, 9.17) is 9.47 Å². The van der Waals surface area contributed by atoms with Crippen LogP contribution >= 0.6 is 0 Å². The Kier molecular flexibility index (Phi) is 7.80. The van der Waals surface area contributed by atoms with Crippen molar-refractivity contribution in [3.63, 3.8) is 0 Å². The second kappa shape index (κ2) is 10.3. The molecule has 1 N–H and O–H groups in total. The van der Waals surface area contributed by atoms with Gasteiger partial charge in [0.05, 0.1) is 7.11 Å². The number of rotatable bonds is 9. The molecule has 0 aliphatic heterocycles. The predicted octanol–water partition coefficient (Wildman–Crippen LogP) is 2.77. The van der Waals surface area contributed by atoms with Gasteiger partial charge in [-0.05, 0) is 43.7 Å². The maximum Gasteiger partial charge on any atom is 0.261 e. The van der Waals surface area contributed by atoms with Crippen molar-refractivity contribution in [2.24, 2.45) is 0 Å². The number of methoxy groups -OCH3 is 1. The van der Waals surface area contributed by atoms with E-state index in [-0.39, 0.29) is 30.8 Å². The average molecular weight is 388 g/mol. The number of para-hydroxylation sites is 2. The highest BCUT2D eigenvalue weighted by Crippen LogP contribution is 2.25. The molecule has 0 saturated heterocycles. The van der Waals surface area contributed by atoms with Gasteiger partial charge in [-0.1, -0.05) is 24.3 Å². The summed E-state index contributed by atoms with van der Waals surface area (Å²) in [6.45, 7) is 3.81. The van der Waals surface area contributed by atoms with Gasteiger partial charge in [0.2, 0.25) is 5.91 Å². The van der Waals surface area contributed by atoms with Crippen LogP contribution in [-0.4, -0.2) is 43.0 Å². The number of nitrogens with zero attached hydrogens (tertiary/aromatic N) is 1. The third-order valence-corrected chi connectivity index (χ3v) is 4.20. The topological polar surface area (TPSA) is 67.9 Å². The fourth-order valence-electron chi connectivity index (χ4n) is 2.65. The average Bonchev–Trinajstić information content (AvgIpc) is 2.71. The summed E-state index contributed by atoms with van der Waals surface area (Å²) < 4.78 is 24.0. The normalized spacial score (nSPS) is 11.4. The first-order chi connectivity index (χ1) is 13.5. The van der Waals surface area contributed by atoms with Gasteiger partial charge in [0, 0.05) is 13.1 Å². The van der Waals surface area contributed by atoms with Crippen LogP contribution in [0.5, 0.6) is 11.5 Å².